The lowest BCUT2D eigenvalue weighted by atomic mass is 9.98. The van der Waals surface area contributed by atoms with Gasteiger partial charge in [-0.25, -0.2) is 0 Å². The second-order valence-electron chi connectivity index (χ2n) is 18.7. The fourth-order valence-corrected chi connectivity index (χ4v) is 11.0. The van der Waals surface area contributed by atoms with E-state index in [-0.39, 0.29) is 0 Å². The molecule has 10 aromatic carbocycles. The highest BCUT2D eigenvalue weighted by atomic mass is 16.3. The van der Waals surface area contributed by atoms with Gasteiger partial charge in [-0.05, 0) is 149 Å². The Morgan fingerprint density at radius 3 is 1.60 bits per heavy atom. The van der Waals surface area contributed by atoms with Crippen molar-refractivity contribution in [3.63, 3.8) is 0 Å². The third kappa shape index (κ3) is 7.61. The number of hydrogen-bond donors (Lipinski definition) is 0. The van der Waals surface area contributed by atoms with Gasteiger partial charge in [0, 0.05) is 68.1 Å². The molecular weight excluding hydrogens is 917 g/mol. The fourth-order valence-electron chi connectivity index (χ4n) is 11.0. The highest BCUT2D eigenvalue weighted by Crippen LogP contribution is 2.48. The van der Waals surface area contributed by atoms with E-state index in [1.165, 1.54) is 16.3 Å². The molecule has 0 N–H and O–H groups in total. The van der Waals surface area contributed by atoms with Crippen molar-refractivity contribution in [1.82, 2.24) is 14.5 Å². The quantitative estimate of drug-likeness (QED) is 0.129. The first kappa shape index (κ1) is 43.5. The van der Waals surface area contributed by atoms with Gasteiger partial charge in [-0.15, -0.1) is 0 Å². The van der Waals surface area contributed by atoms with Crippen molar-refractivity contribution in [3.05, 3.63) is 280 Å². The number of furan rings is 1. The van der Waals surface area contributed by atoms with E-state index in [2.05, 4.69) is 272 Å². The van der Waals surface area contributed by atoms with Crippen LogP contribution in [0.5, 0.6) is 0 Å². The normalized spacial score (nSPS) is 11.5. The molecule has 0 spiro atoms. The molecule has 14 rings (SSSR count). The summed E-state index contributed by atoms with van der Waals surface area (Å²) in [6.07, 6.45) is 7.32. The smallest absolute Gasteiger partial charge is 0.159 e. The number of anilines is 9. The maximum atomic E-state index is 6.90. The number of fused-ring (bicyclic) bond motifs is 7. The van der Waals surface area contributed by atoms with Gasteiger partial charge in [-0.3, -0.25) is 9.97 Å². The van der Waals surface area contributed by atoms with Gasteiger partial charge >= 0.3 is 0 Å². The molecule has 0 saturated carbocycles. The summed E-state index contributed by atoms with van der Waals surface area (Å²) in [4.78, 5) is 15.9. The Hall–Kier alpha value is -10.2. The molecule has 0 atom stereocenters. The first-order chi connectivity index (χ1) is 37.2. The third-order valence-electron chi connectivity index (χ3n) is 14.3. The van der Waals surface area contributed by atoms with Crippen LogP contribution in [0.3, 0.4) is 0 Å². The fraction of sp³-hybridized carbons (Fsp3) is 0. The molecule has 0 unspecified atom stereocenters. The van der Waals surface area contributed by atoms with Crippen LogP contribution in [0.1, 0.15) is 0 Å². The predicted octanol–water partition coefficient (Wildman–Crippen LogP) is 18.7. The van der Waals surface area contributed by atoms with Gasteiger partial charge in [0.25, 0.3) is 0 Å². The molecule has 14 aromatic rings. The average Bonchev–Trinajstić information content (AvgIpc) is 4.04. The Labute approximate surface area is 433 Å². The highest BCUT2D eigenvalue weighted by Gasteiger charge is 2.25. The molecule has 354 valence electrons. The summed E-state index contributed by atoms with van der Waals surface area (Å²) in [6, 6.07) is 90.7. The van der Waals surface area contributed by atoms with Crippen molar-refractivity contribution in [2.24, 2.45) is 0 Å². The number of nitrogens with zero attached hydrogens (tertiary/aromatic N) is 6. The number of rotatable bonds is 11. The molecule has 0 radical (unpaired) electrons. The van der Waals surface area contributed by atoms with Gasteiger partial charge in [0.2, 0.25) is 0 Å². The van der Waals surface area contributed by atoms with Gasteiger partial charge in [-0.1, -0.05) is 127 Å². The molecule has 4 aromatic heterocycles. The van der Waals surface area contributed by atoms with E-state index in [0.717, 1.165) is 106 Å². The first-order valence-corrected chi connectivity index (χ1v) is 25.2. The molecule has 0 saturated heterocycles. The average molecular weight is 963 g/mol. The van der Waals surface area contributed by atoms with Crippen LogP contribution >= 0.6 is 0 Å². The van der Waals surface area contributed by atoms with Crippen molar-refractivity contribution >= 4 is 106 Å². The van der Waals surface area contributed by atoms with E-state index in [1.54, 1.807) is 12.4 Å². The number of para-hydroxylation sites is 4. The van der Waals surface area contributed by atoms with Crippen LogP contribution < -0.4 is 14.7 Å². The lowest BCUT2D eigenvalue weighted by molar-refractivity contribution is 0.669. The van der Waals surface area contributed by atoms with Crippen LogP contribution in [-0.2, 0) is 0 Å². The summed E-state index contributed by atoms with van der Waals surface area (Å²) in [6.45, 7) is 0. The monoisotopic (exact) mass is 962 g/mol. The van der Waals surface area contributed by atoms with Gasteiger partial charge in [0.1, 0.15) is 5.58 Å². The summed E-state index contributed by atoms with van der Waals surface area (Å²) < 4.78 is 9.30. The van der Waals surface area contributed by atoms with E-state index in [1.807, 2.05) is 24.5 Å². The topological polar surface area (TPSA) is 53.6 Å². The van der Waals surface area contributed by atoms with Crippen LogP contribution in [-0.4, -0.2) is 14.5 Å². The van der Waals surface area contributed by atoms with Crippen LogP contribution in [0.25, 0.3) is 71.3 Å². The molecule has 4 heterocycles. The highest BCUT2D eigenvalue weighted by molar-refractivity contribution is 6.18. The Bertz CT molecular complexity index is 4270. The van der Waals surface area contributed by atoms with Crippen molar-refractivity contribution in [2.75, 3.05) is 14.7 Å². The molecule has 75 heavy (non-hydrogen) atoms. The Morgan fingerprint density at radius 1 is 0.347 bits per heavy atom. The maximum Gasteiger partial charge on any atom is 0.159 e. The zero-order valence-electron chi connectivity index (χ0n) is 40.6. The summed E-state index contributed by atoms with van der Waals surface area (Å²) in [7, 11) is 0. The van der Waals surface area contributed by atoms with E-state index in [4.69, 9.17) is 4.42 Å². The Kier molecular flexibility index (Phi) is 10.7. The van der Waals surface area contributed by atoms with Crippen molar-refractivity contribution in [3.8, 4) is 16.8 Å². The van der Waals surface area contributed by atoms with Crippen molar-refractivity contribution in [2.45, 2.75) is 0 Å². The van der Waals surface area contributed by atoms with E-state index >= 15 is 0 Å². The second-order valence-corrected chi connectivity index (χ2v) is 18.7. The van der Waals surface area contributed by atoms with Crippen LogP contribution in [0, 0.1) is 0 Å². The zero-order valence-corrected chi connectivity index (χ0v) is 40.6. The first-order valence-electron chi connectivity index (χ1n) is 25.2. The summed E-state index contributed by atoms with van der Waals surface area (Å²) in [5, 5.41) is 6.72. The molecule has 0 bridgehead atoms. The zero-order chi connectivity index (χ0) is 49.7. The summed E-state index contributed by atoms with van der Waals surface area (Å²) in [5.41, 5.74) is 16.2. The van der Waals surface area contributed by atoms with Gasteiger partial charge < -0.3 is 23.7 Å². The molecule has 0 fully saturated rings. The number of benzene rings is 10. The minimum atomic E-state index is 0.771. The Balaban J connectivity index is 0.997. The third-order valence-corrected chi connectivity index (χ3v) is 14.3. The molecule has 0 aliphatic rings. The molecule has 7 heteroatoms. The standard InChI is InChI=1S/C68H46N6O/c1-4-19-49(20-5-1)72(50-21-6-2-7-22-50)63-30-14-31-64-67(63)61-44-53(37-39-62(61)74(64)51-23-8-3-9-24-51)71(52-35-33-48(34-36-52)58-28-12-18-47-17-10-11-27-57(47)58)54-38-40-66-60(43-54)59-29-13-32-65(68(59)75-66)73(55-25-15-41-69-45-55)56-26-16-42-70-46-56/h1-46H. The van der Waals surface area contributed by atoms with E-state index in [0.29, 0.717) is 0 Å². The lowest BCUT2D eigenvalue weighted by Gasteiger charge is -2.27. The SMILES string of the molecule is c1ccc(N(c2ccccc2)c2cccc3c2c2cc(N(c4ccc(-c5cccc6ccccc56)cc4)c4ccc5oc6c(N(c7cccnc7)c7cccnc7)cccc6c5c4)ccc2n3-c2ccccc2)cc1. The summed E-state index contributed by atoms with van der Waals surface area (Å²) >= 11 is 0. The van der Waals surface area contributed by atoms with Crippen LogP contribution in [0.15, 0.2) is 284 Å². The second kappa shape index (κ2) is 18.4. The van der Waals surface area contributed by atoms with Crippen LogP contribution in [0.4, 0.5) is 51.2 Å². The van der Waals surface area contributed by atoms with Crippen molar-refractivity contribution < 1.29 is 4.42 Å². The number of aromatic nitrogens is 3. The van der Waals surface area contributed by atoms with Gasteiger partial charge in [-0.2, -0.15) is 0 Å². The summed E-state index contributed by atoms with van der Waals surface area (Å²) in [5.74, 6) is 0. The molecule has 7 nitrogen and oxygen atoms in total. The van der Waals surface area contributed by atoms with E-state index < -0.39 is 0 Å². The van der Waals surface area contributed by atoms with Gasteiger partial charge in [0.15, 0.2) is 5.58 Å². The number of pyridine rings is 2. The maximum absolute atomic E-state index is 6.90. The van der Waals surface area contributed by atoms with Crippen molar-refractivity contribution in [1.29, 1.82) is 0 Å². The molecule has 0 aliphatic carbocycles. The molecule has 0 amide bonds. The number of hydrogen-bond acceptors (Lipinski definition) is 6. The van der Waals surface area contributed by atoms with E-state index in [9.17, 15) is 0 Å². The molecule has 0 aliphatic heterocycles. The Morgan fingerprint density at radius 2 is 0.893 bits per heavy atom. The van der Waals surface area contributed by atoms with Crippen LogP contribution in [0.2, 0.25) is 0 Å². The lowest BCUT2D eigenvalue weighted by Crippen LogP contribution is -2.10. The van der Waals surface area contributed by atoms with Gasteiger partial charge in [0.05, 0.1) is 46.2 Å². The predicted molar refractivity (Wildman–Crippen MR) is 311 cm³/mol. The largest absolute Gasteiger partial charge is 0.454 e. The minimum absolute atomic E-state index is 0.771. The minimum Gasteiger partial charge on any atom is -0.454 e. The molecular formula is C68H46N6O.